The van der Waals surface area contributed by atoms with Crippen molar-refractivity contribution < 1.29 is 13.2 Å². The van der Waals surface area contributed by atoms with Crippen LogP contribution in [-0.4, -0.2) is 19.9 Å². The van der Waals surface area contributed by atoms with E-state index in [0.29, 0.717) is 18.5 Å². The summed E-state index contributed by atoms with van der Waals surface area (Å²) in [5.41, 5.74) is 5.97. The molecule has 1 saturated carbocycles. The Morgan fingerprint density at radius 1 is 1.20 bits per heavy atom. The molecule has 1 amide bonds. The van der Waals surface area contributed by atoms with Crippen LogP contribution in [0.3, 0.4) is 0 Å². The molecule has 1 aromatic carbocycles. The minimum absolute atomic E-state index is 0.247. The minimum atomic E-state index is -3.84. The van der Waals surface area contributed by atoms with Gasteiger partial charge in [0, 0.05) is 5.69 Å². The number of nitrogens with two attached hydrogens (primary N) is 2. The van der Waals surface area contributed by atoms with E-state index in [1.807, 2.05) is 0 Å². The maximum absolute atomic E-state index is 12.1. The van der Waals surface area contributed by atoms with Gasteiger partial charge in [-0.2, -0.15) is 8.42 Å². The normalized spacial score (nSPS) is 17.7. The zero-order valence-corrected chi connectivity index (χ0v) is 11.7. The lowest BCUT2D eigenvalue weighted by atomic mass is 9.98. The maximum Gasteiger partial charge on any atom is 0.296 e. The van der Waals surface area contributed by atoms with Crippen LogP contribution in [0, 0.1) is 0 Å². The van der Waals surface area contributed by atoms with Gasteiger partial charge in [-0.25, -0.2) is 5.14 Å². The van der Waals surface area contributed by atoms with E-state index >= 15 is 0 Å². The van der Waals surface area contributed by atoms with E-state index in [9.17, 15) is 13.2 Å². The van der Waals surface area contributed by atoms with Gasteiger partial charge in [0.1, 0.15) is 0 Å². The summed E-state index contributed by atoms with van der Waals surface area (Å²) in [6.07, 6.45) is 3.20. The number of carbonyl (C=O) groups is 1. The van der Waals surface area contributed by atoms with Gasteiger partial charge in [-0.15, -0.1) is 0 Å². The largest absolute Gasteiger partial charge is 0.324 e. The number of anilines is 2. The molecule has 2 rings (SSSR count). The zero-order valence-electron chi connectivity index (χ0n) is 10.9. The Bertz CT molecular complexity index is 609. The van der Waals surface area contributed by atoms with Crippen LogP contribution in [0.2, 0.25) is 0 Å². The Kier molecular flexibility index (Phi) is 3.98. The van der Waals surface area contributed by atoms with Gasteiger partial charge >= 0.3 is 0 Å². The third kappa shape index (κ3) is 3.69. The summed E-state index contributed by atoms with van der Waals surface area (Å²) in [6, 6.07) is 6.29. The highest BCUT2D eigenvalue weighted by atomic mass is 32.2. The molecule has 1 fully saturated rings. The Labute approximate surface area is 117 Å². The number of carbonyl (C=O) groups excluding carboxylic acids is 1. The molecule has 0 saturated heterocycles. The molecule has 0 aliphatic heterocycles. The first kappa shape index (κ1) is 14.8. The van der Waals surface area contributed by atoms with Crippen molar-refractivity contribution in [3.8, 4) is 0 Å². The van der Waals surface area contributed by atoms with Gasteiger partial charge in [-0.1, -0.05) is 18.9 Å². The van der Waals surface area contributed by atoms with Crippen molar-refractivity contribution >= 4 is 27.5 Å². The summed E-state index contributed by atoms with van der Waals surface area (Å²) in [6.45, 7) is 0. The van der Waals surface area contributed by atoms with Gasteiger partial charge in [-0.3, -0.25) is 9.52 Å². The first-order valence-corrected chi connectivity index (χ1v) is 7.84. The fraction of sp³-hybridized carbons (Fsp3) is 0.417. The predicted octanol–water partition coefficient (Wildman–Crippen LogP) is 0.512. The van der Waals surface area contributed by atoms with E-state index < -0.39 is 15.7 Å². The quantitative estimate of drug-likeness (QED) is 0.645. The van der Waals surface area contributed by atoms with E-state index in [1.165, 1.54) is 12.1 Å². The summed E-state index contributed by atoms with van der Waals surface area (Å²) in [7, 11) is -3.84. The highest BCUT2D eigenvalue weighted by Crippen LogP contribution is 2.28. The summed E-state index contributed by atoms with van der Waals surface area (Å²) in [5, 5.41) is 7.60. The summed E-state index contributed by atoms with van der Waals surface area (Å²) < 4.78 is 24.0. The Morgan fingerprint density at radius 2 is 1.80 bits per heavy atom. The molecule has 7 nitrogen and oxygen atoms in total. The van der Waals surface area contributed by atoms with Crippen molar-refractivity contribution in [1.82, 2.24) is 0 Å². The molecule has 0 aromatic heterocycles. The highest BCUT2D eigenvalue weighted by Gasteiger charge is 2.36. The van der Waals surface area contributed by atoms with E-state index in [2.05, 4.69) is 10.0 Å². The standard InChI is InChI=1S/C12H18N4O3S/c13-12(6-1-2-7-12)11(17)15-9-4-3-5-10(8-9)16-20(14,18)19/h3-5,8,16H,1-2,6-7,13H2,(H,15,17)(H2,14,18,19). The Hall–Kier alpha value is -1.64. The van der Waals surface area contributed by atoms with Crippen LogP contribution in [-0.2, 0) is 15.0 Å². The van der Waals surface area contributed by atoms with E-state index in [0.717, 1.165) is 12.8 Å². The topological polar surface area (TPSA) is 127 Å². The van der Waals surface area contributed by atoms with Gasteiger partial charge in [0.15, 0.2) is 0 Å². The second kappa shape index (κ2) is 5.39. The molecule has 0 unspecified atom stereocenters. The third-order valence-electron chi connectivity index (χ3n) is 3.33. The summed E-state index contributed by atoms with van der Waals surface area (Å²) in [4.78, 5) is 12.1. The van der Waals surface area contributed by atoms with E-state index in [-0.39, 0.29) is 11.6 Å². The fourth-order valence-electron chi connectivity index (χ4n) is 2.31. The van der Waals surface area contributed by atoms with Crippen LogP contribution >= 0.6 is 0 Å². The predicted molar refractivity (Wildman–Crippen MR) is 77.2 cm³/mol. The molecule has 110 valence electrons. The number of hydrogen-bond donors (Lipinski definition) is 4. The Balaban J connectivity index is 2.10. The van der Waals surface area contributed by atoms with Gasteiger partial charge in [-0.05, 0) is 31.0 Å². The highest BCUT2D eigenvalue weighted by molar-refractivity contribution is 7.90. The van der Waals surface area contributed by atoms with Crippen molar-refractivity contribution in [1.29, 1.82) is 0 Å². The molecule has 1 aliphatic carbocycles. The third-order valence-corrected chi connectivity index (χ3v) is 3.85. The van der Waals surface area contributed by atoms with Crippen molar-refractivity contribution in [2.45, 2.75) is 31.2 Å². The van der Waals surface area contributed by atoms with E-state index in [4.69, 9.17) is 10.9 Å². The van der Waals surface area contributed by atoms with Crippen molar-refractivity contribution in [3.05, 3.63) is 24.3 Å². The number of rotatable bonds is 4. The van der Waals surface area contributed by atoms with Gasteiger partial charge < -0.3 is 11.1 Å². The average molecular weight is 298 g/mol. The van der Waals surface area contributed by atoms with Crippen LogP contribution in [0.25, 0.3) is 0 Å². The fourth-order valence-corrected chi connectivity index (χ4v) is 2.77. The molecular weight excluding hydrogens is 280 g/mol. The van der Waals surface area contributed by atoms with Crippen molar-refractivity contribution in [2.75, 3.05) is 10.0 Å². The lowest BCUT2D eigenvalue weighted by molar-refractivity contribution is -0.121. The van der Waals surface area contributed by atoms with Crippen LogP contribution in [0.15, 0.2) is 24.3 Å². The molecule has 20 heavy (non-hydrogen) atoms. The average Bonchev–Trinajstić information content (AvgIpc) is 2.76. The Morgan fingerprint density at radius 3 is 2.40 bits per heavy atom. The second-order valence-electron chi connectivity index (χ2n) is 5.05. The lowest BCUT2D eigenvalue weighted by Crippen LogP contribution is -2.48. The molecule has 1 aliphatic rings. The summed E-state index contributed by atoms with van der Waals surface area (Å²) >= 11 is 0. The molecule has 8 heteroatoms. The zero-order chi connectivity index (χ0) is 14.8. The molecule has 0 atom stereocenters. The monoisotopic (exact) mass is 298 g/mol. The molecule has 0 heterocycles. The number of nitrogens with one attached hydrogen (secondary N) is 2. The van der Waals surface area contributed by atoms with Crippen molar-refractivity contribution in [3.63, 3.8) is 0 Å². The van der Waals surface area contributed by atoms with Crippen LogP contribution in [0.4, 0.5) is 11.4 Å². The minimum Gasteiger partial charge on any atom is -0.324 e. The maximum atomic E-state index is 12.1. The van der Waals surface area contributed by atoms with Crippen molar-refractivity contribution in [2.24, 2.45) is 10.9 Å². The second-order valence-corrected chi connectivity index (χ2v) is 6.34. The molecule has 1 aromatic rings. The first-order valence-electron chi connectivity index (χ1n) is 6.29. The number of benzene rings is 1. The van der Waals surface area contributed by atoms with Crippen LogP contribution in [0.5, 0.6) is 0 Å². The first-order chi connectivity index (χ1) is 9.28. The molecule has 6 N–H and O–H groups in total. The number of hydrogen-bond acceptors (Lipinski definition) is 4. The van der Waals surface area contributed by atoms with Crippen LogP contribution in [0.1, 0.15) is 25.7 Å². The molecule has 0 radical (unpaired) electrons. The lowest BCUT2D eigenvalue weighted by Gasteiger charge is -2.22. The number of amides is 1. The smallest absolute Gasteiger partial charge is 0.296 e. The molecule has 0 spiro atoms. The van der Waals surface area contributed by atoms with Crippen LogP contribution < -0.4 is 20.9 Å². The molecular formula is C12H18N4O3S. The SMILES string of the molecule is NC1(C(=O)Nc2cccc(NS(N)(=O)=O)c2)CCCC1. The van der Waals surface area contributed by atoms with Gasteiger partial charge in [0.2, 0.25) is 5.91 Å². The van der Waals surface area contributed by atoms with Gasteiger partial charge in [0.05, 0.1) is 11.2 Å². The summed E-state index contributed by atoms with van der Waals surface area (Å²) in [5.74, 6) is -0.247. The molecule has 0 bridgehead atoms. The van der Waals surface area contributed by atoms with Gasteiger partial charge in [0.25, 0.3) is 10.2 Å². The van der Waals surface area contributed by atoms with E-state index in [1.54, 1.807) is 12.1 Å².